The monoisotopic (exact) mass is 298 g/mol. The topological polar surface area (TPSA) is 93.5 Å². The minimum Gasteiger partial charge on any atom is -0.495 e. The molecule has 0 aliphatic carbocycles. The van der Waals surface area contributed by atoms with Gasteiger partial charge in [-0.1, -0.05) is 11.6 Å². The third-order valence-electron chi connectivity index (χ3n) is 2.65. The van der Waals surface area contributed by atoms with Crippen molar-refractivity contribution in [3.8, 4) is 17.2 Å². The second-order valence-corrected chi connectivity index (χ2v) is 4.21. The van der Waals surface area contributed by atoms with Gasteiger partial charge in [-0.15, -0.1) is 0 Å². The average Bonchev–Trinajstić information content (AvgIpc) is 2.80. The van der Waals surface area contributed by atoms with Gasteiger partial charge in [0.15, 0.2) is 0 Å². The second-order valence-electron chi connectivity index (χ2n) is 3.81. The highest BCUT2D eigenvalue weighted by Crippen LogP contribution is 2.33. The molecule has 0 saturated heterocycles. The third kappa shape index (κ3) is 2.35. The van der Waals surface area contributed by atoms with Crippen molar-refractivity contribution in [2.45, 2.75) is 0 Å². The summed E-state index contributed by atoms with van der Waals surface area (Å²) < 4.78 is 11.2. The molecule has 106 valence electrons. The first-order valence-electron chi connectivity index (χ1n) is 5.45. The van der Waals surface area contributed by atoms with Crippen LogP contribution in [0.4, 0.5) is 0 Å². The second kappa shape index (κ2) is 5.30. The van der Waals surface area contributed by atoms with Crippen LogP contribution in [-0.4, -0.2) is 35.1 Å². The molecule has 0 bridgehead atoms. The summed E-state index contributed by atoms with van der Waals surface area (Å²) in [6.07, 6.45) is 0. The van der Waals surface area contributed by atoms with E-state index in [1.165, 1.54) is 26.4 Å². The van der Waals surface area contributed by atoms with Crippen molar-refractivity contribution in [2.24, 2.45) is 0 Å². The van der Waals surface area contributed by atoms with Crippen molar-refractivity contribution in [3.05, 3.63) is 39.3 Å². The van der Waals surface area contributed by atoms with Crippen molar-refractivity contribution < 1.29 is 19.4 Å². The van der Waals surface area contributed by atoms with E-state index < -0.39 is 11.5 Å². The Hall–Kier alpha value is -2.41. The number of rotatable bonds is 4. The molecule has 2 aromatic rings. The molecule has 0 aliphatic rings. The summed E-state index contributed by atoms with van der Waals surface area (Å²) in [5, 5.41) is 11.7. The van der Waals surface area contributed by atoms with Gasteiger partial charge in [0.05, 0.1) is 19.2 Å². The van der Waals surface area contributed by atoms with Gasteiger partial charge in [-0.2, -0.15) is 0 Å². The van der Waals surface area contributed by atoms with E-state index >= 15 is 0 Å². The summed E-state index contributed by atoms with van der Waals surface area (Å²) in [4.78, 5) is 22.7. The highest BCUT2D eigenvalue weighted by atomic mass is 35.5. The standard InChI is InChI=1S/C12H11ClN2O5/c1-19-9-5-8(10(20-2)3-6(9)13)15-11(16)4-7(14-15)12(17)18/h3-5,14H,1-2H3,(H,17,18). The smallest absolute Gasteiger partial charge is 0.353 e. The lowest BCUT2D eigenvalue weighted by Gasteiger charge is -2.12. The maximum Gasteiger partial charge on any atom is 0.353 e. The van der Waals surface area contributed by atoms with Crippen LogP contribution in [0.5, 0.6) is 11.5 Å². The molecule has 0 saturated carbocycles. The van der Waals surface area contributed by atoms with Crippen LogP contribution >= 0.6 is 11.6 Å². The van der Waals surface area contributed by atoms with E-state index in [1.54, 1.807) is 0 Å². The Morgan fingerprint density at radius 3 is 2.40 bits per heavy atom. The number of nitrogens with one attached hydrogen (secondary N) is 1. The highest BCUT2D eigenvalue weighted by Gasteiger charge is 2.16. The first-order valence-corrected chi connectivity index (χ1v) is 5.83. The summed E-state index contributed by atoms with van der Waals surface area (Å²) in [5.41, 5.74) is -0.470. The normalized spacial score (nSPS) is 10.3. The van der Waals surface area contributed by atoms with Crippen LogP contribution in [0.3, 0.4) is 0 Å². The molecule has 7 nitrogen and oxygen atoms in total. The molecule has 0 unspecified atom stereocenters. The van der Waals surface area contributed by atoms with Crippen LogP contribution < -0.4 is 15.0 Å². The van der Waals surface area contributed by atoms with E-state index in [2.05, 4.69) is 5.10 Å². The predicted octanol–water partition coefficient (Wildman–Crippen LogP) is 1.53. The van der Waals surface area contributed by atoms with E-state index in [1.807, 2.05) is 0 Å². The minimum atomic E-state index is -1.24. The highest BCUT2D eigenvalue weighted by molar-refractivity contribution is 6.32. The molecule has 20 heavy (non-hydrogen) atoms. The number of methoxy groups -OCH3 is 2. The fourth-order valence-corrected chi connectivity index (χ4v) is 1.93. The number of benzene rings is 1. The Morgan fingerprint density at radius 1 is 1.25 bits per heavy atom. The predicted molar refractivity (Wildman–Crippen MR) is 71.5 cm³/mol. The van der Waals surface area contributed by atoms with Gasteiger partial charge in [0.25, 0.3) is 5.56 Å². The summed E-state index contributed by atoms with van der Waals surface area (Å²) in [5.74, 6) is -0.599. The number of hydrogen-bond acceptors (Lipinski definition) is 4. The zero-order chi connectivity index (χ0) is 14.9. The Balaban J connectivity index is 2.68. The van der Waals surface area contributed by atoms with Crippen molar-refractivity contribution in [1.82, 2.24) is 9.78 Å². The van der Waals surface area contributed by atoms with Gasteiger partial charge in [-0.25, -0.2) is 9.48 Å². The Morgan fingerprint density at radius 2 is 1.90 bits per heavy atom. The SMILES string of the molecule is COc1cc(-n2[nH]c(C(=O)O)cc2=O)c(OC)cc1Cl. The lowest BCUT2D eigenvalue weighted by Crippen LogP contribution is -2.14. The van der Waals surface area contributed by atoms with Crippen LogP contribution in [0.2, 0.25) is 5.02 Å². The van der Waals surface area contributed by atoms with Crippen molar-refractivity contribution in [2.75, 3.05) is 14.2 Å². The van der Waals surface area contributed by atoms with E-state index in [-0.39, 0.29) is 5.69 Å². The van der Waals surface area contributed by atoms with Gasteiger partial charge in [-0.05, 0) is 0 Å². The van der Waals surface area contributed by atoms with Crippen LogP contribution in [0.1, 0.15) is 10.5 Å². The molecular formula is C12H11ClN2O5. The zero-order valence-electron chi connectivity index (χ0n) is 10.6. The van der Waals surface area contributed by atoms with E-state index in [0.717, 1.165) is 10.7 Å². The summed E-state index contributed by atoms with van der Waals surface area (Å²) in [6.45, 7) is 0. The van der Waals surface area contributed by atoms with Crippen molar-refractivity contribution in [3.63, 3.8) is 0 Å². The van der Waals surface area contributed by atoms with Gasteiger partial charge in [-0.3, -0.25) is 9.89 Å². The zero-order valence-corrected chi connectivity index (χ0v) is 11.4. The Kier molecular flexibility index (Phi) is 3.71. The van der Waals surface area contributed by atoms with Crippen LogP contribution in [-0.2, 0) is 0 Å². The van der Waals surface area contributed by atoms with Crippen molar-refractivity contribution in [1.29, 1.82) is 0 Å². The number of aromatic carboxylic acids is 1. The quantitative estimate of drug-likeness (QED) is 0.893. The summed E-state index contributed by atoms with van der Waals surface area (Å²) >= 11 is 5.97. The number of carboxylic acid groups (broad SMARTS) is 1. The minimum absolute atomic E-state index is 0.231. The average molecular weight is 299 g/mol. The molecule has 0 aliphatic heterocycles. The molecule has 0 atom stereocenters. The molecule has 0 radical (unpaired) electrons. The van der Waals surface area contributed by atoms with Gasteiger partial charge in [0, 0.05) is 18.2 Å². The van der Waals surface area contributed by atoms with E-state index in [4.69, 9.17) is 26.2 Å². The van der Waals surface area contributed by atoms with Gasteiger partial charge in [0.1, 0.15) is 22.9 Å². The number of hydrogen-bond donors (Lipinski definition) is 2. The molecule has 2 N–H and O–H groups in total. The maximum atomic E-state index is 11.8. The number of nitrogens with zero attached hydrogens (tertiary/aromatic N) is 1. The van der Waals surface area contributed by atoms with Gasteiger partial charge in [0.2, 0.25) is 0 Å². The van der Waals surface area contributed by atoms with Crippen molar-refractivity contribution >= 4 is 17.6 Å². The third-order valence-corrected chi connectivity index (χ3v) is 2.94. The lowest BCUT2D eigenvalue weighted by molar-refractivity contribution is 0.0690. The number of H-pyrrole nitrogens is 1. The fraction of sp³-hybridized carbons (Fsp3) is 0.167. The number of halogens is 1. The molecule has 2 rings (SSSR count). The number of ether oxygens (including phenoxy) is 2. The van der Waals surface area contributed by atoms with Crippen LogP contribution in [0.25, 0.3) is 5.69 Å². The van der Waals surface area contributed by atoms with Crippen LogP contribution in [0.15, 0.2) is 23.0 Å². The molecule has 8 heteroatoms. The lowest BCUT2D eigenvalue weighted by atomic mass is 10.2. The molecule has 0 spiro atoms. The Bertz CT molecular complexity index is 719. The number of carbonyl (C=O) groups is 1. The molecular weight excluding hydrogens is 288 g/mol. The first-order chi connectivity index (χ1) is 9.47. The van der Waals surface area contributed by atoms with E-state index in [0.29, 0.717) is 22.2 Å². The summed E-state index contributed by atoms with van der Waals surface area (Å²) in [7, 11) is 2.84. The van der Waals surface area contributed by atoms with Gasteiger partial charge >= 0.3 is 5.97 Å². The Labute approximate surface area is 118 Å². The number of aromatic nitrogens is 2. The molecule has 1 aromatic heterocycles. The van der Waals surface area contributed by atoms with Gasteiger partial charge < -0.3 is 14.6 Å². The van der Waals surface area contributed by atoms with Crippen LogP contribution in [0, 0.1) is 0 Å². The molecule has 0 fully saturated rings. The fourth-order valence-electron chi connectivity index (χ4n) is 1.70. The maximum absolute atomic E-state index is 11.8. The molecule has 1 heterocycles. The summed E-state index contributed by atoms with van der Waals surface area (Å²) in [6, 6.07) is 3.93. The largest absolute Gasteiger partial charge is 0.495 e. The number of aromatic amines is 1. The molecule has 1 aromatic carbocycles. The first kappa shape index (κ1) is 14.0. The van der Waals surface area contributed by atoms with E-state index in [9.17, 15) is 9.59 Å². The number of carboxylic acids is 1. The molecule has 0 amide bonds.